The van der Waals surface area contributed by atoms with Gasteiger partial charge in [0.05, 0.1) is 41.1 Å². The Balaban J connectivity index is 2.07. The van der Waals surface area contributed by atoms with Gasteiger partial charge in [0.15, 0.2) is 0 Å². The zero-order chi connectivity index (χ0) is 23.9. The highest BCUT2D eigenvalue weighted by Crippen LogP contribution is 2.47. The van der Waals surface area contributed by atoms with Crippen molar-refractivity contribution in [2.24, 2.45) is 5.41 Å². The van der Waals surface area contributed by atoms with Gasteiger partial charge in [0.2, 0.25) is 0 Å². The molecule has 0 saturated carbocycles. The lowest BCUT2D eigenvalue weighted by Gasteiger charge is -2.27. The number of hydrogen-bond donors (Lipinski definition) is 0. The van der Waals surface area contributed by atoms with Crippen molar-refractivity contribution in [1.29, 1.82) is 0 Å². The lowest BCUT2D eigenvalue weighted by atomic mass is 9.83. The van der Waals surface area contributed by atoms with Crippen molar-refractivity contribution < 1.29 is 19.0 Å². The highest BCUT2D eigenvalue weighted by molar-refractivity contribution is 6.31. The third kappa shape index (κ3) is 4.11. The smallest absolute Gasteiger partial charge is 0.311 e. The minimum absolute atomic E-state index is 0.0848. The molecule has 7 heteroatoms. The summed E-state index contributed by atoms with van der Waals surface area (Å²) >= 11 is 6.52. The molecular formula is C26H31ClN2O4. The molecule has 0 amide bonds. The Morgan fingerprint density at radius 2 is 2.15 bits per heavy atom. The van der Waals surface area contributed by atoms with Crippen LogP contribution in [0.15, 0.2) is 30.5 Å². The van der Waals surface area contributed by atoms with Crippen LogP contribution < -0.4 is 4.74 Å². The van der Waals surface area contributed by atoms with E-state index in [0.717, 1.165) is 39.2 Å². The van der Waals surface area contributed by atoms with Crippen LogP contribution in [0.5, 0.6) is 5.75 Å². The summed E-state index contributed by atoms with van der Waals surface area (Å²) in [7, 11) is 1.68. The van der Waals surface area contributed by atoms with Crippen LogP contribution in [-0.2, 0) is 20.7 Å². The van der Waals surface area contributed by atoms with Gasteiger partial charge in [0, 0.05) is 35.3 Å². The quantitative estimate of drug-likeness (QED) is 0.387. The maximum Gasteiger partial charge on any atom is 0.311 e. The summed E-state index contributed by atoms with van der Waals surface area (Å²) in [6, 6.07) is 7.91. The zero-order valence-corrected chi connectivity index (χ0v) is 20.8. The maximum absolute atomic E-state index is 12.8. The number of benzene rings is 1. The predicted octanol–water partition coefficient (Wildman–Crippen LogP) is 6.15. The number of halogens is 1. The van der Waals surface area contributed by atoms with Crippen LogP contribution in [0.3, 0.4) is 0 Å². The molecule has 0 N–H and O–H groups in total. The second-order valence-electron chi connectivity index (χ2n) is 9.25. The number of rotatable bonds is 7. The number of ether oxygens (including phenoxy) is 3. The number of aromatic nitrogens is 2. The van der Waals surface area contributed by atoms with Gasteiger partial charge in [-0.05, 0) is 64.8 Å². The van der Waals surface area contributed by atoms with E-state index in [1.165, 1.54) is 0 Å². The number of nitrogens with zero attached hydrogens (tertiary/aromatic N) is 2. The fourth-order valence-corrected chi connectivity index (χ4v) is 4.85. The van der Waals surface area contributed by atoms with Gasteiger partial charge in [-0.1, -0.05) is 11.6 Å². The minimum Gasteiger partial charge on any atom is -0.489 e. The third-order valence-corrected chi connectivity index (χ3v) is 6.55. The molecule has 0 saturated heterocycles. The van der Waals surface area contributed by atoms with Crippen LogP contribution >= 0.6 is 11.6 Å². The highest BCUT2D eigenvalue weighted by Gasteiger charge is 2.36. The minimum atomic E-state index is -0.736. The SMILES string of the molecule is CCOC(=O)C(C)(C)Cc1c(-c2cccnc2[C@H](C)OC)n2c3c(cc(Cl)cc13)OCC2C. The zero-order valence-electron chi connectivity index (χ0n) is 20.1. The van der Waals surface area contributed by atoms with Crippen molar-refractivity contribution >= 4 is 28.5 Å². The van der Waals surface area contributed by atoms with Crippen LogP contribution in [0.2, 0.25) is 5.02 Å². The highest BCUT2D eigenvalue weighted by atomic mass is 35.5. The van der Waals surface area contributed by atoms with Gasteiger partial charge in [-0.15, -0.1) is 0 Å². The first kappa shape index (κ1) is 23.6. The Kier molecular flexibility index (Phi) is 6.43. The van der Waals surface area contributed by atoms with E-state index in [2.05, 4.69) is 22.5 Å². The first-order chi connectivity index (χ1) is 15.7. The van der Waals surface area contributed by atoms with E-state index >= 15 is 0 Å². The molecule has 1 aliphatic heterocycles. The number of carbonyl (C=O) groups excluding carboxylic acids is 1. The average Bonchev–Trinajstić information content (AvgIpc) is 3.10. The summed E-state index contributed by atoms with van der Waals surface area (Å²) in [4.78, 5) is 17.5. The molecule has 33 heavy (non-hydrogen) atoms. The molecule has 1 aliphatic rings. The lowest BCUT2D eigenvalue weighted by Crippen LogP contribution is -2.29. The fraction of sp³-hybridized carbons (Fsp3) is 0.462. The van der Waals surface area contributed by atoms with Gasteiger partial charge in [0.1, 0.15) is 12.4 Å². The van der Waals surface area contributed by atoms with Crippen LogP contribution in [0.1, 0.15) is 58.0 Å². The van der Waals surface area contributed by atoms with E-state index in [1.54, 1.807) is 13.3 Å². The summed E-state index contributed by atoms with van der Waals surface area (Å²) < 4.78 is 19.4. The number of hydrogen-bond acceptors (Lipinski definition) is 5. The molecule has 6 nitrogen and oxygen atoms in total. The van der Waals surface area contributed by atoms with Crippen LogP contribution in [0.4, 0.5) is 0 Å². The first-order valence-electron chi connectivity index (χ1n) is 11.3. The van der Waals surface area contributed by atoms with Gasteiger partial charge in [0.25, 0.3) is 0 Å². The van der Waals surface area contributed by atoms with Crippen molar-refractivity contribution in [2.45, 2.75) is 53.2 Å². The fourth-order valence-electron chi connectivity index (χ4n) is 4.64. The summed E-state index contributed by atoms with van der Waals surface area (Å²) in [5.41, 5.74) is 4.13. The molecule has 176 valence electrons. The van der Waals surface area contributed by atoms with E-state index in [-0.39, 0.29) is 18.1 Å². The van der Waals surface area contributed by atoms with Crippen molar-refractivity contribution in [1.82, 2.24) is 9.55 Å². The topological polar surface area (TPSA) is 62.6 Å². The second kappa shape index (κ2) is 8.99. The molecule has 0 radical (unpaired) electrons. The number of esters is 1. The largest absolute Gasteiger partial charge is 0.489 e. The average molecular weight is 471 g/mol. The van der Waals surface area contributed by atoms with Crippen molar-refractivity contribution in [2.75, 3.05) is 20.3 Å². The van der Waals surface area contributed by atoms with Crippen molar-refractivity contribution in [3.05, 3.63) is 46.7 Å². The Morgan fingerprint density at radius 1 is 1.39 bits per heavy atom. The van der Waals surface area contributed by atoms with Crippen LogP contribution in [0, 0.1) is 5.41 Å². The van der Waals surface area contributed by atoms with Gasteiger partial charge in [-0.2, -0.15) is 0 Å². The molecule has 4 rings (SSSR count). The summed E-state index contributed by atoms with van der Waals surface area (Å²) in [6.07, 6.45) is 2.06. The Labute approximate surface area is 199 Å². The Hall–Kier alpha value is -2.57. The molecule has 3 aromatic rings. The number of carbonyl (C=O) groups is 1. The third-order valence-electron chi connectivity index (χ3n) is 6.33. The molecule has 1 aromatic carbocycles. The van der Waals surface area contributed by atoms with E-state index in [4.69, 9.17) is 25.8 Å². The Bertz CT molecular complexity index is 1200. The van der Waals surface area contributed by atoms with E-state index in [9.17, 15) is 4.79 Å². The number of methoxy groups -OCH3 is 1. The molecule has 0 spiro atoms. The van der Waals surface area contributed by atoms with E-state index < -0.39 is 5.41 Å². The monoisotopic (exact) mass is 470 g/mol. The van der Waals surface area contributed by atoms with Crippen molar-refractivity contribution in [3.63, 3.8) is 0 Å². The Morgan fingerprint density at radius 3 is 2.85 bits per heavy atom. The molecule has 3 heterocycles. The van der Waals surface area contributed by atoms with Gasteiger partial charge < -0.3 is 18.8 Å². The predicted molar refractivity (Wildman–Crippen MR) is 130 cm³/mol. The first-order valence-corrected chi connectivity index (χ1v) is 11.7. The molecule has 0 bridgehead atoms. The lowest BCUT2D eigenvalue weighted by molar-refractivity contribution is -0.153. The van der Waals surface area contributed by atoms with E-state index in [1.807, 2.05) is 45.9 Å². The van der Waals surface area contributed by atoms with Gasteiger partial charge in [-0.3, -0.25) is 9.78 Å². The molecule has 0 fully saturated rings. The molecule has 1 unspecified atom stereocenters. The molecular weight excluding hydrogens is 440 g/mol. The standard InChI is InChI=1S/C26H31ClN2O4/c1-7-32-25(30)26(4,5)13-20-19-11-17(27)12-21-24(19)29(15(2)14-33-21)23(20)18-9-8-10-28-22(18)16(3)31-6/h8-12,15-16H,7,13-14H2,1-6H3/t15?,16-/m0/s1. The van der Waals surface area contributed by atoms with Crippen LogP contribution in [0.25, 0.3) is 22.2 Å². The summed E-state index contributed by atoms with van der Waals surface area (Å²) in [6.45, 7) is 10.7. The summed E-state index contributed by atoms with van der Waals surface area (Å²) in [5, 5.41) is 1.58. The number of pyridine rings is 1. The molecule has 2 atom stereocenters. The van der Waals surface area contributed by atoms with Crippen molar-refractivity contribution in [3.8, 4) is 17.0 Å². The van der Waals surface area contributed by atoms with Crippen LogP contribution in [-0.4, -0.2) is 35.8 Å². The second-order valence-corrected chi connectivity index (χ2v) is 9.69. The van der Waals surface area contributed by atoms with Gasteiger partial charge in [-0.25, -0.2) is 0 Å². The van der Waals surface area contributed by atoms with Gasteiger partial charge >= 0.3 is 5.97 Å². The maximum atomic E-state index is 12.8. The summed E-state index contributed by atoms with van der Waals surface area (Å²) in [5.74, 6) is 0.525. The molecule has 0 aliphatic carbocycles. The van der Waals surface area contributed by atoms with E-state index in [0.29, 0.717) is 24.7 Å². The normalized spacial score (nSPS) is 16.5. The molecule has 2 aromatic heterocycles.